The van der Waals surface area contributed by atoms with Crippen molar-refractivity contribution in [2.24, 2.45) is 0 Å². The Morgan fingerprint density at radius 3 is 2.23 bits per heavy atom. The molecule has 2 heterocycles. The molecule has 0 unspecified atom stereocenters. The zero-order valence-electron chi connectivity index (χ0n) is 16.8. The van der Waals surface area contributed by atoms with E-state index >= 15 is 0 Å². The molecule has 0 radical (unpaired) electrons. The molecule has 1 amide bonds. The van der Waals surface area contributed by atoms with Gasteiger partial charge in [-0.2, -0.15) is 13.2 Å². The molecule has 0 atom stereocenters. The van der Waals surface area contributed by atoms with E-state index in [9.17, 15) is 18.0 Å². The van der Waals surface area contributed by atoms with Gasteiger partial charge >= 0.3 is 6.18 Å². The smallest absolute Gasteiger partial charge is 0.417 e. The van der Waals surface area contributed by atoms with Gasteiger partial charge in [0.25, 0.3) is 5.91 Å². The molecule has 0 saturated heterocycles. The average molecular weight is 423 g/mol. The maximum atomic E-state index is 12.6. The summed E-state index contributed by atoms with van der Waals surface area (Å²) in [6, 6.07) is 5.53. The Morgan fingerprint density at radius 1 is 1.03 bits per heavy atom. The minimum absolute atomic E-state index is 0.00417. The van der Waals surface area contributed by atoms with Crippen LogP contribution in [0.4, 0.5) is 13.2 Å². The van der Waals surface area contributed by atoms with Crippen molar-refractivity contribution < 1.29 is 27.4 Å². The van der Waals surface area contributed by atoms with Gasteiger partial charge in [-0.3, -0.25) is 4.79 Å². The Bertz CT molecular complexity index is 831. The third-order valence-corrected chi connectivity index (χ3v) is 4.72. The average Bonchev–Trinajstić information content (AvgIpc) is 2.69. The number of halogens is 3. The highest BCUT2D eigenvalue weighted by atomic mass is 19.4. The standard InChI is InChI=1S/C21H24F3N3O3/c1-13(2)29-18-9-3-14(11-25-18)20(28)27-16-5-7-17(8-6-16)30-19-10-4-15(12-26-19)21(22,23)24/h3-4,9-13,16-17H,5-8H2,1-2H3,(H,27,28). The molecule has 1 aliphatic rings. The quantitative estimate of drug-likeness (QED) is 0.746. The molecule has 30 heavy (non-hydrogen) atoms. The molecule has 1 N–H and O–H groups in total. The number of aromatic nitrogens is 2. The first kappa shape index (κ1) is 21.9. The summed E-state index contributed by atoms with van der Waals surface area (Å²) in [5, 5.41) is 2.99. The first-order chi connectivity index (χ1) is 14.2. The number of hydrogen-bond acceptors (Lipinski definition) is 5. The molecule has 2 aromatic heterocycles. The van der Waals surface area contributed by atoms with Crippen LogP contribution in [0.25, 0.3) is 0 Å². The van der Waals surface area contributed by atoms with Gasteiger partial charge in [0.15, 0.2) is 0 Å². The van der Waals surface area contributed by atoms with E-state index in [4.69, 9.17) is 9.47 Å². The molecule has 162 valence electrons. The van der Waals surface area contributed by atoms with Gasteiger partial charge in [0, 0.05) is 30.6 Å². The molecule has 2 aromatic rings. The van der Waals surface area contributed by atoms with Crippen LogP contribution in [0.15, 0.2) is 36.7 Å². The summed E-state index contributed by atoms with van der Waals surface area (Å²) < 4.78 is 48.9. The van der Waals surface area contributed by atoms with Gasteiger partial charge < -0.3 is 14.8 Å². The summed E-state index contributed by atoms with van der Waals surface area (Å²) in [5.74, 6) is 0.439. The third kappa shape index (κ3) is 6.08. The number of carbonyl (C=O) groups is 1. The first-order valence-electron chi connectivity index (χ1n) is 9.84. The Hall–Kier alpha value is -2.84. The van der Waals surface area contributed by atoms with Crippen molar-refractivity contribution in [1.82, 2.24) is 15.3 Å². The number of carbonyl (C=O) groups excluding carboxylic acids is 1. The van der Waals surface area contributed by atoms with Gasteiger partial charge in [-0.25, -0.2) is 9.97 Å². The fourth-order valence-electron chi connectivity index (χ4n) is 3.21. The monoisotopic (exact) mass is 423 g/mol. The van der Waals surface area contributed by atoms with Gasteiger partial charge in [0.1, 0.15) is 6.10 Å². The number of hydrogen-bond donors (Lipinski definition) is 1. The van der Waals surface area contributed by atoms with Crippen LogP contribution in [-0.2, 0) is 6.18 Å². The van der Waals surface area contributed by atoms with E-state index < -0.39 is 11.7 Å². The van der Waals surface area contributed by atoms with E-state index in [0.717, 1.165) is 12.3 Å². The van der Waals surface area contributed by atoms with Gasteiger partial charge in [0.05, 0.1) is 17.2 Å². The molecule has 1 fully saturated rings. The van der Waals surface area contributed by atoms with Crippen LogP contribution in [0, 0.1) is 0 Å². The Labute approximate surface area is 172 Å². The third-order valence-electron chi connectivity index (χ3n) is 4.72. The number of ether oxygens (including phenoxy) is 2. The topological polar surface area (TPSA) is 73.3 Å². The summed E-state index contributed by atoms with van der Waals surface area (Å²) in [6.07, 6.45) is 0.464. The molecule has 9 heteroatoms. The normalized spacial score (nSPS) is 19.4. The van der Waals surface area contributed by atoms with Crippen molar-refractivity contribution in [2.75, 3.05) is 0 Å². The minimum atomic E-state index is -4.42. The summed E-state index contributed by atoms with van der Waals surface area (Å²) in [5.41, 5.74) is -0.349. The van der Waals surface area contributed by atoms with Gasteiger partial charge in [0.2, 0.25) is 11.8 Å². The van der Waals surface area contributed by atoms with Gasteiger partial charge in [-0.15, -0.1) is 0 Å². The lowest BCUT2D eigenvalue weighted by Crippen LogP contribution is -2.39. The molecule has 1 saturated carbocycles. The second-order valence-electron chi connectivity index (χ2n) is 7.50. The largest absolute Gasteiger partial charge is 0.475 e. The van der Waals surface area contributed by atoms with Crippen molar-refractivity contribution in [3.63, 3.8) is 0 Å². The minimum Gasteiger partial charge on any atom is -0.475 e. The Balaban J connectivity index is 1.45. The summed E-state index contributed by atoms with van der Waals surface area (Å²) >= 11 is 0. The maximum absolute atomic E-state index is 12.6. The number of pyridine rings is 2. The van der Waals surface area contributed by atoms with Crippen LogP contribution < -0.4 is 14.8 Å². The molecule has 0 spiro atoms. The van der Waals surface area contributed by atoms with E-state index in [-0.39, 0.29) is 30.0 Å². The van der Waals surface area contributed by atoms with Gasteiger partial charge in [-0.1, -0.05) is 0 Å². The van der Waals surface area contributed by atoms with Crippen molar-refractivity contribution in [2.45, 2.75) is 64.0 Å². The molecule has 3 rings (SSSR count). The molecule has 0 aliphatic heterocycles. The van der Waals surface area contributed by atoms with E-state index in [2.05, 4.69) is 15.3 Å². The molecule has 1 aliphatic carbocycles. The van der Waals surface area contributed by atoms with Crippen LogP contribution in [0.5, 0.6) is 11.8 Å². The second kappa shape index (κ2) is 9.32. The molecule has 0 bridgehead atoms. The maximum Gasteiger partial charge on any atom is 0.417 e. The molecular weight excluding hydrogens is 399 g/mol. The fraction of sp³-hybridized carbons (Fsp3) is 0.476. The Kier molecular flexibility index (Phi) is 6.79. The molecule has 6 nitrogen and oxygen atoms in total. The van der Waals surface area contributed by atoms with E-state index in [1.807, 2.05) is 13.8 Å². The Morgan fingerprint density at radius 2 is 1.70 bits per heavy atom. The number of rotatable bonds is 6. The van der Waals surface area contributed by atoms with E-state index in [0.29, 0.717) is 37.1 Å². The number of amides is 1. The van der Waals surface area contributed by atoms with Crippen molar-refractivity contribution >= 4 is 5.91 Å². The highest BCUT2D eigenvalue weighted by Gasteiger charge is 2.31. The van der Waals surface area contributed by atoms with Crippen molar-refractivity contribution in [3.05, 3.63) is 47.8 Å². The zero-order chi connectivity index (χ0) is 21.7. The SMILES string of the molecule is CC(C)Oc1ccc(C(=O)NC2CCC(Oc3ccc(C(F)(F)F)cn3)CC2)cn1. The molecule has 0 aromatic carbocycles. The summed E-state index contributed by atoms with van der Waals surface area (Å²) in [6.45, 7) is 3.80. The fourth-order valence-corrected chi connectivity index (χ4v) is 3.21. The van der Waals surface area contributed by atoms with Crippen LogP contribution in [0.1, 0.15) is 55.5 Å². The number of alkyl halides is 3. The van der Waals surface area contributed by atoms with Crippen molar-refractivity contribution in [1.29, 1.82) is 0 Å². The number of nitrogens with zero attached hydrogens (tertiary/aromatic N) is 2. The lowest BCUT2D eigenvalue weighted by molar-refractivity contribution is -0.137. The van der Waals surface area contributed by atoms with E-state index in [1.54, 1.807) is 12.1 Å². The van der Waals surface area contributed by atoms with Crippen LogP contribution in [0.3, 0.4) is 0 Å². The number of nitrogens with one attached hydrogen (secondary N) is 1. The predicted octanol–water partition coefficient (Wildman–Crippen LogP) is 4.40. The van der Waals surface area contributed by atoms with Crippen molar-refractivity contribution in [3.8, 4) is 11.8 Å². The molecular formula is C21H24F3N3O3. The van der Waals surface area contributed by atoms with Crippen LogP contribution >= 0.6 is 0 Å². The lowest BCUT2D eigenvalue weighted by atomic mass is 9.92. The highest BCUT2D eigenvalue weighted by Crippen LogP contribution is 2.30. The van der Waals surface area contributed by atoms with Gasteiger partial charge in [-0.05, 0) is 51.7 Å². The first-order valence-corrected chi connectivity index (χ1v) is 9.84. The van der Waals surface area contributed by atoms with Crippen LogP contribution in [-0.4, -0.2) is 34.1 Å². The van der Waals surface area contributed by atoms with Crippen LogP contribution in [0.2, 0.25) is 0 Å². The second-order valence-corrected chi connectivity index (χ2v) is 7.50. The highest BCUT2D eigenvalue weighted by molar-refractivity contribution is 5.94. The zero-order valence-corrected chi connectivity index (χ0v) is 16.8. The summed E-state index contributed by atoms with van der Waals surface area (Å²) in [7, 11) is 0. The summed E-state index contributed by atoms with van der Waals surface area (Å²) in [4.78, 5) is 20.3. The predicted molar refractivity (Wildman–Crippen MR) is 103 cm³/mol. The lowest BCUT2D eigenvalue weighted by Gasteiger charge is -2.29. The van der Waals surface area contributed by atoms with E-state index in [1.165, 1.54) is 12.3 Å².